The Morgan fingerprint density at radius 3 is 3.00 bits per heavy atom. The molecule has 4 heteroatoms. The standard InChI is InChI=1S/C11H18N2O2/c1-3-7-15-8-9(12)11-10(14-2)5-4-6-13-11/h4-6,9H,3,7-8,12H2,1-2H3. The molecule has 1 unspecified atom stereocenters. The molecule has 0 aromatic carbocycles. The van der Waals surface area contributed by atoms with E-state index in [0.717, 1.165) is 18.7 Å². The Hall–Kier alpha value is -1.13. The second kappa shape index (κ2) is 6.37. The average Bonchev–Trinajstić information content (AvgIpc) is 2.29. The van der Waals surface area contributed by atoms with Crippen LogP contribution in [0.2, 0.25) is 0 Å². The molecular formula is C11H18N2O2. The molecule has 0 aliphatic heterocycles. The molecule has 1 aromatic rings. The fourth-order valence-electron chi connectivity index (χ4n) is 1.29. The maximum absolute atomic E-state index is 5.94. The van der Waals surface area contributed by atoms with Gasteiger partial charge in [-0.25, -0.2) is 0 Å². The van der Waals surface area contributed by atoms with Gasteiger partial charge in [-0.05, 0) is 18.6 Å². The van der Waals surface area contributed by atoms with E-state index in [0.29, 0.717) is 12.4 Å². The number of methoxy groups -OCH3 is 1. The lowest BCUT2D eigenvalue weighted by atomic mass is 10.2. The normalized spacial score (nSPS) is 12.5. The number of aromatic nitrogens is 1. The Kier molecular flexibility index (Phi) is 5.07. The molecule has 4 nitrogen and oxygen atoms in total. The number of ether oxygens (including phenoxy) is 2. The van der Waals surface area contributed by atoms with E-state index < -0.39 is 0 Å². The van der Waals surface area contributed by atoms with Crippen LogP contribution in [0.4, 0.5) is 0 Å². The number of nitrogens with two attached hydrogens (primary N) is 1. The summed E-state index contributed by atoms with van der Waals surface area (Å²) >= 11 is 0. The van der Waals surface area contributed by atoms with Crippen molar-refractivity contribution < 1.29 is 9.47 Å². The Morgan fingerprint density at radius 2 is 2.33 bits per heavy atom. The van der Waals surface area contributed by atoms with E-state index in [9.17, 15) is 0 Å². The highest BCUT2D eigenvalue weighted by molar-refractivity contribution is 5.29. The van der Waals surface area contributed by atoms with Crippen LogP contribution in [0.5, 0.6) is 5.75 Å². The van der Waals surface area contributed by atoms with E-state index in [1.54, 1.807) is 13.3 Å². The minimum Gasteiger partial charge on any atom is -0.495 e. The maximum atomic E-state index is 5.94. The molecule has 1 aromatic heterocycles. The van der Waals surface area contributed by atoms with Crippen LogP contribution in [0.25, 0.3) is 0 Å². The predicted molar refractivity (Wildman–Crippen MR) is 58.8 cm³/mol. The summed E-state index contributed by atoms with van der Waals surface area (Å²) < 4.78 is 10.6. The van der Waals surface area contributed by atoms with Crippen molar-refractivity contribution >= 4 is 0 Å². The largest absolute Gasteiger partial charge is 0.495 e. The first-order valence-corrected chi connectivity index (χ1v) is 5.11. The Bertz CT molecular complexity index is 292. The van der Waals surface area contributed by atoms with Crippen LogP contribution >= 0.6 is 0 Å². The number of nitrogens with zero attached hydrogens (tertiary/aromatic N) is 1. The minimum absolute atomic E-state index is 0.229. The third-order valence-electron chi connectivity index (χ3n) is 2.02. The third kappa shape index (κ3) is 3.49. The zero-order chi connectivity index (χ0) is 11.1. The van der Waals surface area contributed by atoms with Gasteiger partial charge in [0.25, 0.3) is 0 Å². The zero-order valence-electron chi connectivity index (χ0n) is 9.27. The molecule has 1 atom stereocenters. The molecule has 0 spiro atoms. The molecule has 84 valence electrons. The monoisotopic (exact) mass is 210 g/mol. The van der Waals surface area contributed by atoms with Crippen molar-refractivity contribution in [2.24, 2.45) is 5.73 Å². The maximum Gasteiger partial charge on any atom is 0.142 e. The Labute approximate surface area is 90.4 Å². The number of pyridine rings is 1. The average molecular weight is 210 g/mol. The highest BCUT2D eigenvalue weighted by Crippen LogP contribution is 2.20. The van der Waals surface area contributed by atoms with Gasteiger partial charge in [0.1, 0.15) is 11.4 Å². The summed E-state index contributed by atoms with van der Waals surface area (Å²) in [5.41, 5.74) is 6.69. The summed E-state index contributed by atoms with van der Waals surface area (Å²) in [6.45, 7) is 3.26. The van der Waals surface area contributed by atoms with Crippen molar-refractivity contribution in [3.8, 4) is 5.75 Å². The van der Waals surface area contributed by atoms with Crippen molar-refractivity contribution in [3.63, 3.8) is 0 Å². The van der Waals surface area contributed by atoms with Gasteiger partial charge in [-0.1, -0.05) is 6.92 Å². The summed E-state index contributed by atoms with van der Waals surface area (Å²) in [7, 11) is 1.61. The van der Waals surface area contributed by atoms with Crippen LogP contribution in [0.15, 0.2) is 18.3 Å². The molecule has 0 saturated heterocycles. The van der Waals surface area contributed by atoms with Gasteiger partial charge in [0.15, 0.2) is 0 Å². The van der Waals surface area contributed by atoms with E-state index in [-0.39, 0.29) is 6.04 Å². The lowest BCUT2D eigenvalue weighted by molar-refractivity contribution is 0.120. The fourth-order valence-corrected chi connectivity index (χ4v) is 1.29. The van der Waals surface area contributed by atoms with Gasteiger partial charge in [0, 0.05) is 12.8 Å². The fraction of sp³-hybridized carbons (Fsp3) is 0.545. The van der Waals surface area contributed by atoms with E-state index in [1.165, 1.54) is 0 Å². The first-order valence-electron chi connectivity index (χ1n) is 5.11. The second-order valence-electron chi connectivity index (χ2n) is 3.27. The zero-order valence-corrected chi connectivity index (χ0v) is 9.27. The van der Waals surface area contributed by atoms with Gasteiger partial charge in [-0.2, -0.15) is 0 Å². The molecule has 15 heavy (non-hydrogen) atoms. The van der Waals surface area contributed by atoms with Gasteiger partial charge in [0.05, 0.1) is 19.8 Å². The van der Waals surface area contributed by atoms with Gasteiger partial charge in [-0.15, -0.1) is 0 Å². The molecule has 0 radical (unpaired) electrons. The van der Waals surface area contributed by atoms with Crippen molar-refractivity contribution in [1.29, 1.82) is 0 Å². The van der Waals surface area contributed by atoms with Gasteiger partial charge in [0.2, 0.25) is 0 Å². The molecule has 1 rings (SSSR count). The van der Waals surface area contributed by atoms with Crippen LogP contribution in [0.1, 0.15) is 25.1 Å². The molecule has 0 bridgehead atoms. The summed E-state index contributed by atoms with van der Waals surface area (Å²) in [6.07, 6.45) is 2.70. The molecular weight excluding hydrogens is 192 g/mol. The third-order valence-corrected chi connectivity index (χ3v) is 2.02. The lowest BCUT2D eigenvalue weighted by Crippen LogP contribution is -2.19. The first kappa shape index (κ1) is 11.9. The Morgan fingerprint density at radius 1 is 1.53 bits per heavy atom. The SMILES string of the molecule is CCCOCC(N)c1ncccc1OC. The van der Waals surface area contributed by atoms with Gasteiger partial charge >= 0.3 is 0 Å². The summed E-state index contributed by atoms with van der Waals surface area (Å²) in [6, 6.07) is 3.44. The quantitative estimate of drug-likeness (QED) is 0.723. The molecule has 0 fully saturated rings. The molecule has 1 heterocycles. The first-order chi connectivity index (χ1) is 7.29. The lowest BCUT2D eigenvalue weighted by Gasteiger charge is -2.14. The summed E-state index contributed by atoms with van der Waals surface area (Å²) in [5, 5.41) is 0. The van der Waals surface area contributed by atoms with Crippen molar-refractivity contribution in [2.75, 3.05) is 20.3 Å². The highest BCUT2D eigenvalue weighted by Gasteiger charge is 2.12. The van der Waals surface area contributed by atoms with Crippen LogP contribution in [-0.2, 0) is 4.74 Å². The predicted octanol–water partition coefficient (Wildman–Crippen LogP) is 1.52. The smallest absolute Gasteiger partial charge is 0.142 e. The molecule has 2 N–H and O–H groups in total. The summed E-state index contributed by atoms with van der Waals surface area (Å²) in [5.74, 6) is 0.713. The minimum atomic E-state index is -0.229. The number of hydrogen-bond acceptors (Lipinski definition) is 4. The van der Waals surface area contributed by atoms with Crippen LogP contribution in [0, 0.1) is 0 Å². The van der Waals surface area contributed by atoms with E-state index in [2.05, 4.69) is 11.9 Å². The topological polar surface area (TPSA) is 57.4 Å². The van der Waals surface area contributed by atoms with Gasteiger partial charge < -0.3 is 15.2 Å². The van der Waals surface area contributed by atoms with Crippen LogP contribution < -0.4 is 10.5 Å². The number of hydrogen-bond donors (Lipinski definition) is 1. The van der Waals surface area contributed by atoms with Crippen LogP contribution in [-0.4, -0.2) is 25.3 Å². The van der Waals surface area contributed by atoms with Crippen molar-refractivity contribution in [3.05, 3.63) is 24.0 Å². The molecule has 0 aliphatic carbocycles. The van der Waals surface area contributed by atoms with Crippen molar-refractivity contribution in [1.82, 2.24) is 4.98 Å². The molecule has 0 saturated carbocycles. The summed E-state index contributed by atoms with van der Waals surface area (Å²) in [4.78, 5) is 4.20. The molecule has 0 aliphatic rings. The second-order valence-corrected chi connectivity index (χ2v) is 3.27. The molecule has 0 amide bonds. The van der Waals surface area contributed by atoms with Gasteiger partial charge in [-0.3, -0.25) is 4.98 Å². The van der Waals surface area contributed by atoms with Crippen LogP contribution in [0.3, 0.4) is 0 Å². The number of rotatable bonds is 6. The van der Waals surface area contributed by atoms with E-state index in [1.807, 2.05) is 12.1 Å². The van der Waals surface area contributed by atoms with E-state index in [4.69, 9.17) is 15.2 Å². The highest BCUT2D eigenvalue weighted by atomic mass is 16.5. The van der Waals surface area contributed by atoms with E-state index >= 15 is 0 Å². The van der Waals surface area contributed by atoms with Crippen molar-refractivity contribution in [2.45, 2.75) is 19.4 Å². The Balaban J connectivity index is 2.59.